The van der Waals surface area contributed by atoms with Crippen LogP contribution in [0.15, 0.2) is 18.2 Å². The van der Waals surface area contributed by atoms with Crippen molar-refractivity contribution >= 4 is 6.09 Å². The summed E-state index contributed by atoms with van der Waals surface area (Å²) in [6.07, 6.45) is -0.412. The average molecular weight is 249 g/mol. The highest BCUT2D eigenvalue weighted by molar-refractivity contribution is 5.69. The predicted octanol–water partition coefficient (Wildman–Crippen LogP) is 2.52. The summed E-state index contributed by atoms with van der Waals surface area (Å²) in [5.41, 5.74) is 2.32. The quantitative estimate of drug-likeness (QED) is 0.823. The molecule has 98 valence electrons. The lowest BCUT2D eigenvalue weighted by Gasteiger charge is -2.13. The summed E-state index contributed by atoms with van der Waals surface area (Å²) in [6, 6.07) is 6.05. The zero-order valence-corrected chi connectivity index (χ0v) is 11.1. The number of rotatable bonds is 4. The highest BCUT2D eigenvalue weighted by Crippen LogP contribution is 2.20. The number of amides is 1. The largest absolute Gasteiger partial charge is 0.489 e. The van der Waals surface area contributed by atoms with Gasteiger partial charge >= 0.3 is 6.09 Å². The minimum Gasteiger partial charge on any atom is -0.489 e. The standard InChI is InChI=1S/C14H19NO3/c1-4-15-8-12(18-14(15)16)9-17-13-6-5-10(2)7-11(13)3/h5-7,12H,4,8-9H2,1-3H3/t12-/m1/s1. The Labute approximate surface area is 107 Å². The third-order valence-electron chi connectivity index (χ3n) is 3.09. The van der Waals surface area contributed by atoms with Crippen molar-refractivity contribution in [3.05, 3.63) is 29.3 Å². The number of benzene rings is 1. The van der Waals surface area contributed by atoms with Gasteiger partial charge in [-0.15, -0.1) is 0 Å². The van der Waals surface area contributed by atoms with E-state index in [9.17, 15) is 4.79 Å². The van der Waals surface area contributed by atoms with Gasteiger partial charge in [-0.3, -0.25) is 0 Å². The normalized spacial score (nSPS) is 18.9. The molecule has 0 aromatic heterocycles. The molecule has 1 saturated heterocycles. The van der Waals surface area contributed by atoms with E-state index in [0.29, 0.717) is 19.7 Å². The fourth-order valence-corrected chi connectivity index (χ4v) is 2.06. The van der Waals surface area contributed by atoms with E-state index in [2.05, 4.69) is 13.0 Å². The van der Waals surface area contributed by atoms with E-state index >= 15 is 0 Å². The Bertz CT molecular complexity index is 445. The van der Waals surface area contributed by atoms with Gasteiger partial charge in [0.2, 0.25) is 0 Å². The average Bonchev–Trinajstić information content (AvgIpc) is 2.69. The van der Waals surface area contributed by atoms with E-state index in [0.717, 1.165) is 11.3 Å². The van der Waals surface area contributed by atoms with Crippen LogP contribution in [0.4, 0.5) is 4.79 Å². The number of likely N-dealkylation sites (N-methyl/N-ethyl adjacent to an activating group) is 1. The van der Waals surface area contributed by atoms with E-state index in [4.69, 9.17) is 9.47 Å². The Morgan fingerprint density at radius 2 is 2.22 bits per heavy atom. The van der Waals surface area contributed by atoms with Crippen molar-refractivity contribution in [3.63, 3.8) is 0 Å². The van der Waals surface area contributed by atoms with Gasteiger partial charge in [0.15, 0.2) is 6.10 Å². The SMILES string of the molecule is CCN1C[C@H](COc2ccc(C)cc2C)OC1=O. The van der Waals surface area contributed by atoms with Gasteiger partial charge < -0.3 is 14.4 Å². The summed E-state index contributed by atoms with van der Waals surface area (Å²) in [5, 5.41) is 0. The summed E-state index contributed by atoms with van der Waals surface area (Å²) < 4.78 is 10.9. The van der Waals surface area contributed by atoms with Crippen molar-refractivity contribution in [2.24, 2.45) is 0 Å². The minimum atomic E-state index is -0.244. The van der Waals surface area contributed by atoms with Crippen LogP contribution in [-0.2, 0) is 4.74 Å². The maximum absolute atomic E-state index is 11.4. The Balaban J connectivity index is 1.91. The molecular weight excluding hydrogens is 230 g/mol. The summed E-state index contributed by atoms with van der Waals surface area (Å²) in [6.45, 7) is 7.70. The molecule has 1 heterocycles. The van der Waals surface area contributed by atoms with Crippen LogP contribution in [0.2, 0.25) is 0 Å². The molecule has 0 aliphatic carbocycles. The molecule has 1 aromatic carbocycles. The van der Waals surface area contributed by atoms with Crippen LogP contribution < -0.4 is 4.74 Å². The summed E-state index contributed by atoms with van der Waals surface area (Å²) in [4.78, 5) is 13.1. The zero-order valence-electron chi connectivity index (χ0n) is 11.1. The molecule has 0 unspecified atom stereocenters. The molecule has 0 bridgehead atoms. The van der Waals surface area contributed by atoms with Crippen LogP contribution >= 0.6 is 0 Å². The van der Waals surface area contributed by atoms with E-state index in [1.54, 1.807) is 4.90 Å². The van der Waals surface area contributed by atoms with Crippen LogP contribution in [0.3, 0.4) is 0 Å². The lowest BCUT2D eigenvalue weighted by atomic mass is 10.1. The number of cyclic esters (lactones) is 1. The van der Waals surface area contributed by atoms with Crippen molar-refractivity contribution < 1.29 is 14.3 Å². The lowest BCUT2D eigenvalue weighted by Crippen LogP contribution is -2.26. The van der Waals surface area contributed by atoms with Gasteiger partial charge in [0.05, 0.1) is 6.54 Å². The van der Waals surface area contributed by atoms with Gasteiger partial charge in [-0.1, -0.05) is 17.7 Å². The van der Waals surface area contributed by atoms with Gasteiger partial charge in [-0.25, -0.2) is 4.79 Å². The summed E-state index contributed by atoms with van der Waals surface area (Å²) in [5.74, 6) is 0.853. The first kappa shape index (κ1) is 12.7. The molecule has 2 rings (SSSR count). The number of hydrogen-bond acceptors (Lipinski definition) is 3. The number of hydrogen-bond donors (Lipinski definition) is 0. The Kier molecular flexibility index (Phi) is 3.75. The molecule has 1 aliphatic rings. The Hall–Kier alpha value is -1.71. The van der Waals surface area contributed by atoms with Crippen LogP contribution in [0, 0.1) is 13.8 Å². The van der Waals surface area contributed by atoms with Gasteiger partial charge in [-0.05, 0) is 32.4 Å². The predicted molar refractivity (Wildman–Crippen MR) is 68.9 cm³/mol. The molecular formula is C14H19NO3. The number of nitrogens with zero attached hydrogens (tertiary/aromatic N) is 1. The van der Waals surface area contributed by atoms with E-state index in [1.807, 2.05) is 26.0 Å². The summed E-state index contributed by atoms with van der Waals surface area (Å²) in [7, 11) is 0. The third-order valence-corrected chi connectivity index (χ3v) is 3.09. The first-order valence-corrected chi connectivity index (χ1v) is 6.25. The second kappa shape index (κ2) is 5.29. The zero-order chi connectivity index (χ0) is 13.1. The number of ether oxygens (including phenoxy) is 2. The van der Waals surface area contributed by atoms with Gasteiger partial charge in [0, 0.05) is 6.54 Å². The van der Waals surface area contributed by atoms with Crippen molar-refractivity contribution in [3.8, 4) is 5.75 Å². The molecule has 4 heteroatoms. The highest BCUT2D eigenvalue weighted by atomic mass is 16.6. The fourth-order valence-electron chi connectivity index (χ4n) is 2.06. The van der Waals surface area contributed by atoms with Crippen LogP contribution in [0.25, 0.3) is 0 Å². The van der Waals surface area contributed by atoms with Gasteiger partial charge in [-0.2, -0.15) is 0 Å². The Morgan fingerprint density at radius 1 is 1.44 bits per heavy atom. The maximum atomic E-state index is 11.4. The molecule has 0 radical (unpaired) electrons. The van der Waals surface area contributed by atoms with Gasteiger partial charge in [0.1, 0.15) is 12.4 Å². The van der Waals surface area contributed by atoms with Crippen molar-refractivity contribution in [2.45, 2.75) is 26.9 Å². The first-order valence-electron chi connectivity index (χ1n) is 6.25. The Morgan fingerprint density at radius 3 is 2.83 bits per heavy atom. The molecule has 0 saturated carbocycles. The lowest BCUT2D eigenvalue weighted by molar-refractivity contribution is 0.102. The van der Waals surface area contributed by atoms with E-state index in [-0.39, 0.29) is 12.2 Å². The molecule has 4 nitrogen and oxygen atoms in total. The van der Waals surface area contributed by atoms with Crippen LogP contribution in [-0.4, -0.2) is 36.8 Å². The van der Waals surface area contributed by atoms with Gasteiger partial charge in [0.25, 0.3) is 0 Å². The van der Waals surface area contributed by atoms with E-state index in [1.165, 1.54) is 5.56 Å². The molecule has 0 spiro atoms. The molecule has 0 N–H and O–H groups in total. The second-order valence-corrected chi connectivity index (χ2v) is 4.62. The van der Waals surface area contributed by atoms with E-state index < -0.39 is 0 Å². The topological polar surface area (TPSA) is 38.8 Å². The van der Waals surface area contributed by atoms with Crippen LogP contribution in [0.5, 0.6) is 5.75 Å². The molecule has 1 aliphatic heterocycles. The molecule has 18 heavy (non-hydrogen) atoms. The first-order chi connectivity index (χ1) is 8.60. The number of carbonyl (C=O) groups excluding carboxylic acids is 1. The number of carbonyl (C=O) groups is 1. The van der Waals surface area contributed by atoms with Crippen LogP contribution in [0.1, 0.15) is 18.1 Å². The highest BCUT2D eigenvalue weighted by Gasteiger charge is 2.30. The monoisotopic (exact) mass is 249 g/mol. The molecule has 1 atom stereocenters. The molecule has 1 fully saturated rings. The van der Waals surface area contributed by atoms with Crippen molar-refractivity contribution in [2.75, 3.05) is 19.7 Å². The second-order valence-electron chi connectivity index (χ2n) is 4.62. The molecule has 1 aromatic rings. The third kappa shape index (κ3) is 2.75. The molecule has 1 amide bonds. The fraction of sp³-hybridized carbons (Fsp3) is 0.500. The summed E-state index contributed by atoms with van der Waals surface area (Å²) >= 11 is 0. The van der Waals surface area contributed by atoms with Crippen molar-refractivity contribution in [1.82, 2.24) is 4.90 Å². The number of aryl methyl sites for hydroxylation is 2. The van der Waals surface area contributed by atoms with Crippen molar-refractivity contribution in [1.29, 1.82) is 0 Å². The minimum absolute atomic E-state index is 0.168. The maximum Gasteiger partial charge on any atom is 0.410 e. The smallest absolute Gasteiger partial charge is 0.410 e.